The average Bonchev–Trinajstić information content (AvgIpc) is 2.34. The Morgan fingerprint density at radius 3 is 2.47 bits per heavy atom. The maximum atomic E-state index is 13.3. The number of halogens is 4. The van der Waals surface area contributed by atoms with E-state index in [4.69, 9.17) is 0 Å². The summed E-state index contributed by atoms with van der Waals surface area (Å²) < 4.78 is 14.3. The number of benzene rings is 1. The lowest BCUT2D eigenvalue weighted by molar-refractivity contribution is 0.147. The van der Waals surface area contributed by atoms with Crippen LogP contribution in [0.3, 0.4) is 0 Å². The molecule has 1 N–H and O–H groups in total. The summed E-state index contributed by atoms with van der Waals surface area (Å²) in [6.07, 6.45) is 0. The maximum Gasteiger partial charge on any atom is 0.109 e. The minimum Gasteiger partial charge on any atom is -0.314 e. The molecular weight excluding hydrogens is 354 g/mol. The Balaban J connectivity index is 0.00000162. The fourth-order valence-corrected chi connectivity index (χ4v) is 3.03. The first-order valence-electron chi connectivity index (χ1n) is 5.99. The highest BCUT2D eigenvalue weighted by molar-refractivity contribution is 9.10. The molecule has 1 aliphatic rings. The van der Waals surface area contributed by atoms with Crippen molar-refractivity contribution < 1.29 is 4.39 Å². The van der Waals surface area contributed by atoms with Gasteiger partial charge in [-0.15, -0.1) is 24.8 Å². The van der Waals surface area contributed by atoms with Gasteiger partial charge < -0.3 is 5.32 Å². The molecule has 1 aromatic carbocycles. The molecule has 1 aliphatic heterocycles. The van der Waals surface area contributed by atoms with Gasteiger partial charge in [0.25, 0.3) is 0 Å². The lowest BCUT2D eigenvalue weighted by atomic mass is 10.0. The third kappa shape index (κ3) is 4.87. The lowest BCUT2D eigenvalue weighted by Gasteiger charge is -2.34. The third-order valence-corrected chi connectivity index (χ3v) is 3.94. The predicted molar refractivity (Wildman–Crippen MR) is 86.5 cm³/mol. The van der Waals surface area contributed by atoms with Crippen molar-refractivity contribution in [2.45, 2.75) is 13.0 Å². The summed E-state index contributed by atoms with van der Waals surface area (Å²) in [5.74, 6) is 0. The van der Waals surface area contributed by atoms with Gasteiger partial charge in [-0.3, -0.25) is 4.90 Å². The van der Waals surface area contributed by atoms with Crippen molar-refractivity contribution in [2.75, 3.05) is 32.9 Å². The molecular formula is C13H20BrCl2FN2. The first-order chi connectivity index (χ1) is 8.22. The zero-order chi connectivity index (χ0) is 12.3. The standard InChI is InChI=1S/C13H18BrFN2.2ClH/c1-10-2-3-11(12(14)8-10)13(9-15)17-6-4-16-5-7-17;;/h2-3,8,13,16H,4-7,9H2,1H3;2*1H/t13-;;/m0../s1. The molecule has 1 atom stereocenters. The molecule has 0 saturated carbocycles. The fraction of sp³-hybridized carbons (Fsp3) is 0.538. The topological polar surface area (TPSA) is 15.3 Å². The van der Waals surface area contributed by atoms with Gasteiger partial charge in [-0.25, -0.2) is 4.39 Å². The van der Waals surface area contributed by atoms with Gasteiger partial charge in [-0.2, -0.15) is 0 Å². The molecule has 2 nitrogen and oxygen atoms in total. The first kappa shape index (κ1) is 19.1. The van der Waals surface area contributed by atoms with Crippen LogP contribution in [0, 0.1) is 6.92 Å². The molecule has 1 fully saturated rings. The molecule has 1 aromatic rings. The zero-order valence-corrected chi connectivity index (χ0v) is 14.1. The number of hydrogen-bond donors (Lipinski definition) is 1. The summed E-state index contributed by atoms with van der Waals surface area (Å²) in [6.45, 7) is 5.43. The van der Waals surface area contributed by atoms with Crippen LogP contribution in [0.2, 0.25) is 0 Å². The van der Waals surface area contributed by atoms with Gasteiger partial charge in [0.1, 0.15) is 6.67 Å². The Morgan fingerprint density at radius 2 is 1.95 bits per heavy atom. The van der Waals surface area contributed by atoms with Crippen LogP contribution in [0.25, 0.3) is 0 Å². The largest absolute Gasteiger partial charge is 0.314 e. The van der Waals surface area contributed by atoms with E-state index in [9.17, 15) is 4.39 Å². The van der Waals surface area contributed by atoms with Crippen molar-refractivity contribution in [1.29, 1.82) is 0 Å². The van der Waals surface area contributed by atoms with E-state index in [1.165, 1.54) is 5.56 Å². The molecule has 6 heteroatoms. The van der Waals surface area contributed by atoms with E-state index in [2.05, 4.69) is 32.2 Å². The summed E-state index contributed by atoms with van der Waals surface area (Å²) in [5.41, 5.74) is 2.25. The number of aryl methyl sites for hydroxylation is 1. The normalized spacial score (nSPS) is 17.2. The van der Waals surface area contributed by atoms with E-state index in [1.807, 2.05) is 19.1 Å². The van der Waals surface area contributed by atoms with E-state index in [1.54, 1.807) is 0 Å². The Hall–Kier alpha value is 0.130. The second-order valence-electron chi connectivity index (χ2n) is 4.48. The van der Waals surface area contributed by atoms with Gasteiger partial charge in [0.05, 0.1) is 6.04 Å². The van der Waals surface area contributed by atoms with E-state index in [-0.39, 0.29) is 37.5 Å². The van der Waals surface area contributed by atoms with Crippen molar-refractivity contribution in [3.05, 3.63) is 33.8 Å². The Morgan fingerprint density at radius 1 is 1.32 bits per heavy atom. The number of piperazine rings is 1. The van der Waals surface area contributed by atoms with Crippen LogP contribution in [0.4, 0.5) is 4.39 Å². The maximum absolute atomic E-state index is 13.3. The average molecular weight is 374 g/mol. The lowest BCUT2D eigenvalue weighted by Crippen LogP contribution is -2.45. The van der Waals surface area contributed by atoms with E-state index < -0.39 is 0 Å². The first-order valence-corrected chi connectivity index (χ1v) is 6.78. The molecule has 2 rings (SSSR count). The second kappa shape index (κ2) is 9.14. The summed E-state index contributed by atoms with van der Waals surface area (Å²) in [4.78, 5) is 2.21. The molecule has 0 aliphatic carbocycles. The summed E-state index contributed by atoms with van der Waals surface area (Å²) in [6, 6.07) is 6.02. The zero-order valence-electron chi connectivity index (χ0n) is 10.9. The third-order valence-electron chi connectivity index (χ3n) is 3.25. The Labute approximate surface area is 135 Å². The monoisotopic (exact) mass is 372 g/mol. The quantitative estimate of drug-likeness (QED) is 0.871. The van der Waals surface area contributed by atoms with Crippen LogP contribution in [-0.2, 0) is 0 Å². The van der Waals surface area contributed by atoms with Crippen LogP contribution in [0.5, 0.6) is 0 Å². The Bertz CT molecular complexity index is 387. The highest BCUT2D eigenvalue weighted by atomic mass is 79.9. The van der Waals surface area contributed by atoms with Gasteiger partial charge in [0, 0.05) is 30.7 Å². The number of hydrogen-bond acceptors (Lipinski definition) is 2. The summed E-state index contributed by atoms with van der Waals surface area (Å²) >= 11 is 3.55. The molecule has 1 heterocycles. The molecule has 19 heavy (non-hydrogen) atoms. The molecule has 0 unspecified atom stereocenters. The van der Waals surface area contributed by atoms with Gasteiger partial charge in [-0.05, 0) is 24.1 Å². The van der Waals surface area contributed by atoms with Gasteiger partial charge in [-0.1, -0.05) is 28.1 Å². The number of nitrogens with zero attached hydrogens (tertiary/aromatic N) is 1. The number of alkyl halides is 1. The SMILES string of the molecule is Cc1ccc([C@H](CF)N2CCNCC2)c(Br)c1.Cl.Cl. The molecule has 0 aromatic heterocycles. The van der Waals surface area contributed by atoms with Gasteiger partial charge in [0.15, 0.2) is 0 Å². The van der Waals surface area contributed by atoms with Crippen molar-refractivity contribution in [3.63, 3.8) is 0 Å². The minimum atomic E-state index is -0.332. The molecule has 0 spiro atoms. The van der Waals surface area contributed by atoms with Crippen molar-refractivity contribution in [2.24, 2.45) is 0 Å². The molecule has 0 amide bonds. The predicted octanol–water partition coefficient (Wildman–Crippen LogP) is 3.52. The summed E-state index contributed by atoms with van der Waals surface area (Å²) in [5, 5.41) is 3.29. The molecule has 0 radical (unpaired) electrons. The minimum absolute atomic E-state index is 0. The second-order valence-corrected chi connectivity index (χ2v) is 5.34. The van der Waals surface area contributed by atoms with E-state index >= 15 is 0 Å². The molecule has 0 bridgehead atoms. The highest BCUT2D eigenvalue weighted by Crippen LogP contribution is 2.29. The van der Waals surface area contributed by atoms with Crippen LogP contribution in [0.15, 0.2) is 22.7 Å². The van der Waals surface area contributed by atoms with E-state index in [0.29, 0.717) is 0 Å². The van der Waals surface area contributed by atoms with Crippen molar-refractivity contribution in [3.8, 4) is 0 Å². The van der Waals surface area contributed by atoms with Crippen LogP contribution in [0.1, 0.15) is 17.2 Å². The van der Waals surface area contributed by atoms with Crippen LogP contribution < -0.4 is 5.32 Å². The fourth-order valence-electron chi connectivity index (χ4n) is 2.27. The van der Waals surface area contributed by atoms with Gasteiger partial charge >= 0.3 is 0 Å². The number of rotatable bonds is 3. The summed E-state index contributed by atoms with van der Waals surface area (Å²) in [7, 11) is 0. The van der Waals surface area contributed by atoms with Crippen molar-refractivity contribution >= 4 is 40.7 Å². The Kier molecular flexibility index (Phi) is 9.20. The van der Waals surface area contributed by atoms with Crippen LogP contribution >= 0.6 is 40.7 Å². The highest BCUT2D eigenvalue weighted by Gasteiger charge is 2.23. The molecule has 1 saturated heterocycles. The smallest absolute Gasteiger partial charge is 0.109 e. The van der Waals surface area contributed by atoms with Crippen molar-refractivity contribution in [1.82, 2.24) is 10.2 Å². The van der Waals surface area contributed by atoms with E-state index in [0.717, 1.165) is 36.2 Å². The van der Waals surface area contributed by atoms with Gasteiger partial charge in [0.2, 0.25) is 0 Å². The molecule has 110 valence electrons. The van der Waals surface area contributed by atoms with Crippen LogP contribution in [-0.4, -0.2) is 37.8 Å². The number of nitrogens with one attached hydrogen (secondary N) is 1.